The molecule has 0 radical (unpaired) electrons. The van der Waals surface area contributed by atoms with Gasteiger partial charge in [-0.05, 0) is 43.2 Å². The fourth-order valence-corrected chi connectivity index (χ4v) is 3.51. The molecule has 1 aromatic heterocycles. The summed E-state index contributed by atoms with van der Waals surface area (Å²) in [5.74, 6) is 0.532. The van der Waals surface area contributed by atoms with Crippen molar-refractivity contribution in [2.45, 2.75) is 52.0 Å². The monoisotopic (exact) mass is 413 g/mol. The average Bonchev–Trinajstić information content (AvgIpc) is 3.24. The lowest BCUT2D eigenvalue weighted by Gasteiger charge is -2.21. The number of benzene rings is 2. The molecule has 1 N–H and O–H groups in total. The normalized spacial score (nSPS) is 13.5. The van der Waals surface area contributed by atoms with Gasteiger partial charge in [0.05, 0.1) is 24.4 Å². The largest absolute Gasteiger partial charge is 0.495 e. The number of halogens is 1. The van der Waals surface area contributed by atoms with E-state index in [4.69, 9.17) is 9.84 Å². The van der Waals surface area contributed by atoms with Gasteiger partial charge in [0.25, 0.3) is 0 Å². The first-order chi connectivity index (χ1) is 14.6. The first-order valence-corrected chi connectivity index (χ1v) is 10.6. The Morgan fingerprint density at radius 1 is 1.13 bits per heavy atom. The number of nitrogens with one attached hydrogen (secondary N) is 1. The highest BCUT2D eigenvalue weighted by molar-refractivity contribution is 5.85. The quantitative estimate of drug-likeness (QED) is 0.513. The molecular weight excluding hydrogens is 381 g/mol. The molecule has 162 valence electrons. The van der Waals surface area contributed by atoms with Crippen LogP contribution in [0.5, 0.6) is 5.75 Å². The van der Waals surface area contributed by atoms with Crippen molar-refractivity contribution in [3.63, 3.8) is 0 Å². The lowest BCUT2D eigenvalue weighted by molar-refractivity contribution is 0.112. The van der Waals surface area contributed by atoms with Crippen LogP contribution in [0, 0.1) is 5.82 Å². The smallest absolute Gasteiger partial charge is 0.150 e. The number of hydrogen-bond donors (Lipinski definition) is 1. The average molecular weight is 414 g/mol. The van der Waals surface area contributed by atoms with Gasteiger partial charge >= 0.3 is 0 Å². The van der Waals surface area contributed by atoms with Crippen molar-refractivity contribution in [3.05, 3.63) is 54.0 Å². The number of hydrogen-bond acceptors (Lipinski definition) is 4. The van der Waals surface area contributed by atoms with E-state index in [0.29, 0.717) is 17.9 Å². The number of methoxy groups -OCH3 is 1. The molecule has 1 aliphatic rings. The standard InChI is InChI=1S/C15H21N3O.C7H5FO.C2H6/c1-16-14-8-11-10-18(12-6-4-3-5-7-12)17-13(11)9-15(14)19-2;8-7-3-1-6(5-9)2-4-7;1-2/h8-10,12,16H,3-7H2,1-2H3;1-5H;1-2H3. The third-order valence-electron chi connectivity index (χ3n) is 5.07. The fraction of sp³-hybridized carbons (Fsp3) is 0.417. The van der Waals surface area contributed by atoms with E-state index in [9.17, 15) is 9.18 Å². The SMILES string of the molecule is CC.CNc1cc2cn(C3CCCCC3)nc2cc1OC.O=Cc1ccc(F)cc1. The molecule has 0 unspecified atom stereocenters. The molecule has 1 fully saturated rings. The van der Waals surface area contributed by atoms with Gasteiger partial charge in [0, 0.05) is 30.3 Å². The summed E-state index contributed by atoms with van der Waals surface area (Å²) < 4.78 is 19.6. The van der Waals surface area contributed by atoms with E-state index < -0.39 is 0 Å². The number of carbonyl (C=O) groups is 1. The van der Waals surface area contributed by atoms with Gasteiger partial charge in [0.1, 0.15) is 17.9 Å². The van der Waals surface area contributed by atoms with E-state index >= 15 is 0 Å². The van der Waals surface area contributed by atoms with E-state index in [-0.39, 0.29) is 5.82 Å². The van der Waals surface area contributed by atoms with Crippen molar-refractivity contribution in [2.75, 3.05) is 19.5 Å². The number of aromatic nitrogens is 2. The minimum Gasteiger partial charge on any atom is -0.495 e. The van der Waals surface area contributed by atoms with Crippen molar-refractivity contribution in [1.82, 2.24) is 9.78 Å². The molecule has 0 spiro atoms. The summed E-state index contributed by atoms with van der Waals surface area (Å²) in [6.45, 7) is 4.00. The molecule has 5 nitrogen and oxygen atoms in total. The summed E-state index contributed by atoms with van der Waals surface area (Å²) in [5.41, 5.74) is 2.52. The minimum absolute atomic E-state index is 0.319. The first-order valence-electron chi connectivity index (χ1n) is 10.6. The fourth-order valence-electron chi connectivity index (χ4n) is 3.51. The van der Waals surface area contributed by atoms with Crippen LogP contribution in [0.25, 0.3) is 10.9 Å². The van der Waals surface area contributed by atoms with Gasteiger partial charge in [-0.1, -0.05) is 33.1 Å². The van der Waals surface area contributed by atoms with E-state index in [0.717, 1.165) is 17.0 Å². The maximum absolute atomic E-state index is 12.1. The molecule has 0 atom stereocenters. The number of carbonyl (C=O) groups excluding carboxylic acids is 1. The summed E-state index contributed by atoms with van der Waals surface area (Å²) in [4.78, 5) is 10.00. The summed E-state index contributed by atoms with van der Waals surface area (Å²) >= 11 is 0. The molecular formula is C24H32FN3O2. The molecule has 30 heavy (non-hydrogen) atoms. The topological polar surface area (TPSA) is 56.1 Å². The molecule has 2 aromatic carbocycles. The number of aldehydes is 1. The van der Waals surface area contributed by atoms with Gasteiger partial charge in [-0.15, -0.1) is 0 Å². The number of ether oxygens (including phenoxy) is 1. The molecule has 0 bridgehead atoms. The number of fused-ring (bicyclic) bond motifs is 1. The summed E-state index contributed by atoms with van der Waals surface area (Å²) in [6, 6.07) is 10.1. The molecule has 4 rings (SSSR count). The zero-order valence-electron chi connectivity index (χ0n) is 18.3. The molecule has 0 amide bonds. The van der Waals surface area contributed by atoms with Gasteiger partial charge in [-0.25, -0.2) is 4.39 Å². The van der Waals surface area contributed by atoms with Crippen LogP contribution in [0.1, 0.15) is 62.4 Å². The Hall–Kier alpha value is -2.89. The molecule has 1 saturated carbocycles. The lowest BCUT2D eigenvalue weighted by Crippen LogP contribution is -2.12. The molecule has 3 aromatic rings. The van der Waals surface area contributed by atoms with Gasteiger partial charge in [0.2, 0.25) is 0 Å². The Morgan fingerprint density at radius 2 is 1.80 bits per heavy atom. The van der Waals surface area contributed by atoms with Crippen LogP contribution < -0.4 is 10.1 Å². The Bertz CT molecular complexity index is 875. The van der Waals surface area contributed by atoms with Crippen molar-refractivity contribution in [2.24, 2.45) is 0 Å². The van der Waals surface area contributed by atoms with Crippen LogP contribution in [0.15, 0.2) is 42.6 Å². The molecule has 6 heteroatoms. The number of rotatable bonds is 4. The number of nitrogens with zero attached hydrogens (tertiary/aromatic N) is 2. The van der Waals surface area contributed by atoms with E-state index in [2.05, 4.69) is 22.3 Å². The summed E-state index contributed by atoms with van der Waals surface area (Å²) in [6.07, 6.45) is 9.38. The van der Waals surface area contributed by atoms with Crippen LogP contribution in [-0.2, 0) is 0 Å². The van der Waals surface area contributed by atoms with Crippen molar-refractivity contribution in [3.8, 4) is 5.75 Å². The molecule has 1 heterocycles. The minimum atomic E-state index is -0.319. The van der Waals surface area contributed by atoms with E-state index in [1.807, 2.05) is 27.0 Å². The second-order valence-corrected chi connectivity index (χ2v) is 6.93. The van der Waals surface area contributed by atoms with Crippen molar-refractivity contribution >= 4 is 22.9 Å². The Labute approximate surface area is 178 Å². The summed E-state index contributed by atoms with van der Waals surface area (Å²) in [5, 5.41) is 9.07. The third kappa shape index (κ3) is 6.05. The molecule has 0 aliphatic heterocycles. The molecule has 1 aliphatic carbocycles. The van der Waals surface area contributed by atoms with Crippen LogP contribution in [-0.4, -0.2) is 30.2 Å². The molecule has 0 saturated heterocycles. The van der Waals surface area contributed by atoms with Gasteiger partial charge in [-0.3, -0.25) is 9.48 Å². The van der Waals surface area contributed by atoms with E-state index in [1.54, 1.807) is 7.11 Å². The summed E-state index contributed by atoms with van der Waals surface area (Å²) in [7, 11) is 3.61. The predicted octanol–water partition coefficient (Wildman–Crippen LogP) is 6.26. The second kappa shape index (κ2) is 12.0. The highest BCUT2D eigenvalue weighted by Gasteiger charge is 2.17. The highest BCUT2D eigenvalue weighted by Crippen LogP contribution is 2.32. The number of anilines is 1. The van der Waals surface area contributed by atoms with E-state index in [1.165, 1.54) is 61.8 Å². The van der Waals surface area contributed by atoms with Gasteiger partial charge in [-0.2, -0.15) is 5.10 Å². The van der Waals surface area contributed by atoms with Crippen LogP contribution in [0.3, 0.4) is 0 Å². The lowest BCUT2D eigenvalue weighted by atomic mass is 9.96. The zero-order chi connectivity index (χ0) is 21.9. The second-order valence-electron chi connectivity index (χ2n) is 6.93. The van der Waals surface area contributed by atoms with Crippen LogP contribution >= 0.6 is 0 Å². The maximum atomic E-state index is 12.1. The van der Waals surface area contributed by atoms with Crippen LogP contribution in [0.2, 0.25) is 0 Å². The Morgan fingerprint density at radius 3 is 2.37 bits per heavy atom. The Balaban J connectivity index is 0.000000245. The van der Waals surface area contributed by atoms with Gasteiger partial charge in [0.15, 0.2) is 0 Å². The van der Waals surface area contributed by atoms with Gasteiger partial charge < -0.3 is 10.1 Å². The third-order valence-corrected chi connectivity index (χ3v) is 5.07. The van der Waals surface area contributed by atoms with Crippen LogP contribution in [0.4, 0.5) is 10.1 Å². The van der Waals surface area contributed by atoms with Crippen molar-refractivity contribution < 1.29 is 13.9 Å². The highest BCUT2D eigenvalue weighted by atomic mass is 19.1. The maximum Gasteiger partial charge on any atom is 0.150 e. The van der Waals surface area contributed by atoms with Crippen molar-refractivity contribution in [1.29, 1.82) is 0 Å². The first kappa shape index (κ1) is 23.4. The predicted molar refractivity (Wildman–Crippen MR) is 121 cm³/mol. The Kier molecular flexibility index (Phi) is 9.32. The zero-order valence-corrected chi connectivity index (χ0v) is 18.3.